The highest BCUT2D eigenvalue weighted by molar-refractivity contribution is 7.99. The first-order valence-electron chi connectivity index (χ1n) is 8.93. The number of carbonyl (C=O) groups excluding carboxylic acids is 1. The highest BCUT2D eigenvalue weighted by atomic mass is 35.5. The fraction of sp³-hybridized carbons (Fsp3) is 0.200. The van der Waals surface area contributed by atoms with E-state index >= 15 is 0 Å². The van der Waals surface area contributed by atoms with Crippen LogP contribution in [-0.4, -0.2) is 48.0 Å². The van der Waals surface area contributed by atoms with Crippen LogP contribution in [0.2, 0.25) is 5.02 Å². The molecule has 0 aliphatic carbocycles. The standard InChI is InChI=1S/C20H21ClN4O3S2/c1-14-7-8-16(12-18(14)30(27,28)24(2)3)23-19(26)13-29-20-22-9-10-25(20)17-6-4-5-15(21)11-17/h4-12H,13H2,1-3H3,(H,23,26). The zero-order valence-corrected chi connectivity index (χ0v) is 19.1. The Balaban J connectivity index is 1.70. The number of imidazole rings is 1. The molecule has 7 nitrogen and oxygen atoms in total. The Bertz CT molecular complexity index is 1180. The van der Waals surface area contributed by atoms with Gasteiger partial charge in [-0.2, -0.15) is 0 Å². The molecule has 1 amide bonds. The molecular formula is C20H21ClN4O3S2. The van der Waals surface area contributed by atoms with Gasteiger partial charge in [0.05, 0.1) is 10.6 Å². The molecule has 158 valence electrons. The fourth-order valence-electron chi connectivity index (χ4n) is 2.70. The summed E-state index contributed by atoms with van der Waals surface area (Å²) in [5.74, 6) is -0.154. The van der Waals surface area contributed by atoms with Gasteiger partial charge in [-0.3, -0.25) is 9.36 Å². The van der Waals surface area contributed by atoms with Crippen LogP contribution in [0.3, 0.4) is 0 Å². The lowest BCUT2D eigenvalue weighted by Crippen LogP contribution is -2.23. The average molecular weight is 465 g/mol. The van der Waals surface area contributed by atoms with Crippen LogP contribution >= 0.6 is 23.4 Å². The zero-order chi connectivity index (χ0) is 21.9. The molecular weight excluding hydrogens is 444 g/mol. The normalized spacial score (nSPS) is 11.6. The quantitative estimate of drug-likeness (QED) is 0.537. The van der Waals surface area contributed by atoms with E-state index in [1.807, 2.05) is 22.8 Å². The van der Waals surface area contributed by atoms with Gasteiger partial charge in [-0.1, -0.05) is 35.5 Å². The van der Waals surface area contributed by atoms with Crippen LogP contribution in [0.4, 0.5) is 5.69 Å². The van der Waals surface area contributed by atoms with Gasteiger partial charge >= 0.3 is 0 Å². The van der Waals surface area contributed by atoms with Gasteiger partial charge in [0, 0.05) is 42.9 Å². The average Bonchev–Trinajstić information content (AvgIpc) is 3.16. The van der Waals surface area contributed by atoms with E-state index in [0.717, 1.165) is 9.99 Å². The number of aryl methyl sites for hydroxylation is 1. The van der Waals surface area contributed by atoms with E-state index in [9.17, 15) is 13.2 Å². The zero-order valence-electron chi connectivity index (χ0n) is 16.7. The van der Waals surface area contributed by atoms with Crippen molar-refractivity contribution >= 4 is 45.0 Å². The number of nitrogens with one attached hydrogen (secondary N) is 1. The Morgan fingerprint density at radius 1 is 1.23 bits per heavy atom. The van der Waals surface area contributed by atoms with E-state index in [1.54, 1.807) is 37.5 Å². The molecule has 0 saturated heterocycles. The minimum atomic E-state index is -3.60. The van der Waals surface area contributed by atoms with Crippen LogP contribution in [0.5, 0.6) is 0 Å². The van der Waals surface area contributed by atoms with E-state index in [4.69, 9.17) is 11.6 Å². The molecule has 0 saturated carbocycles. The Hall–Kier alpha value is -2.33. The van der Waals surface area contributed by atoms with Crippen LogP contribution in [0, 0.1) is 6.92 Å². The summed E-state index contributed by atoms with van der Waals surface area (Å²) in [7, 11) is -0.659. The summed E-state index contributed by atoms with van der Waals surface area (Å²) in [6.45, 7) is 1.72. The van der Waals surface area contributed by atoms with E-state index in [1.165, 1.54) is 31.9 Å². The van der Waals surface area contributed by atoms with Gasteiger partial charge in [0.2, 0.25) is 15.9 Å². The maximum Gasteiger partial charge on any atom is 0.242 e. The molecule has 0 unspecified atom stereocenters. The van der Waals surface area contributed by atoms with Crippen LogP contribution in [0.1, 0.15) is 5.56 Å². The summed E-state index contributed by atoms with van der Waals surface area (Å²) < 4.78 is 27.9. The lowest BCUT2D eigenvalue weighted by atomic mass is 10.2. The number of rotatable bonds is 7. The summed E-state index contributed by atoms with van der Waals surface area (Å²) >= 11 is 7.33. The van der Waals surface area contributed by atoms with Gasteiger partial charge in [0.1, 0.15) is 0 Å². The van der Waals surface area contributed by atoms with Crippen molar-refractivity contribution in [1.29, 1.82) is 0 Å². The lowest BCUT2D eigenvalue weighted by Gasteiger charge is -2.15. The highest BCUT2D eigenvalue weighted by Crippen LogP contribution is 2.24. The van der Waals surface area contributed by atoms with E-state index in [2.05, 4.69) is 10.3 Å². The van der Waals surface area contributed by atoms with Crippen LogP contribution in [-0.2, 0) is 14.8 Å². The van der Waals surface area contributed by atoms with Crippen molar-refractivity contribution in [3.63, 3.8) is 0 Å². The van der Waals surface area contributed by atoms with Crippen molar-refractivity contribution in [1.82, 2.24) is 13.9 Å². The Kier molecular flexibility index (Phi) is 6.87. The molecule has 0 aliphatic heterocycles. The number of aromatic nitrogens is 2. The third-order valence-corrected chi connectivity index (χ3v) is 7.42. The molecule has 0 radical (unpaired) electrons. The number of amides is 1. The van der Waals surface area contributed by atoms with Crippen molar-refractivity contribution in [2.75, 3.05) is 25.2 Å². The van der Waals surface area contributed by atoms with Crippen LogP contribution < -0.4 is 5.32 Å². The second kappa shape index (κ2) is 9.22. The number of hydrogen-bond donors (Lipinski definition) is 1. The Morgan fingerprint density at radius 3 is 2.70 bits per heavy atom. The van der Waals surface area contributed by atoms with Gasteiger partial charge in [0.25, 0.3) is 0 Å². The fourth-order valence-corrected chi connectivity index (χ4v) is 4.80. The van der Waals surface area contributed by atoms with Crippen molar-refractivity contribution < 1.29 is 13.2 Å². The van der Waals surface area contributed by atoms with Crippen molar-refractivity contribution in [2.24, 2.45) is 0 Å². The summed E-state index contributed by atoms with van der Waals surface area (Å²) in [6.07, 6.45) is 3.45. The van der Waals surface area contributed by atoms with E-state index < -0.39 is 10.0 Å². The summed E-state index contributed by atoms with van der Waals surface area (Å²) in [6, 6.07) is 12.2. The minimum absolute atomic E-state index is 0.112. The van der Waals surface area contributed by atoms with Crippen molar-refractivity contribution in [3.05, 3.63) is 65.4 Å². The molecule has 2 aromatic carbocycles. The number of anilines is 1. The monoisotopic (exact) mass is 464 g/mol. The summed E-state index contributed by atoms with van der Waals surface area (Å²) in [5, 5.41) is 4.01. The molecule has 0 bridgehead atoms. The second-order valence-corrected chi connectivity index (χ2v) is 10.2. The van der Waals surface area contributed by atoms with Crippen LogP contribution in [0.25, 0.3) is 5.69 Å². The van der Waals surface area contributed by atoms with Gasteiger partial charge in [-0.25, -0.2) is 17.7 Å². The molecule has 1 aromatic heterocycles. The minimum Gasteiger partial charge on any atom is -0.325 e. The first-order valence-corrected chi connectivity index (χ1v) is 11.7. The highest BCUT2D eigenvalue weighted by Gasteiger charge is 2.20. The van der Waals surface area contributed by atoms with E-state index in [-0.39, 0.29) is 16.6 Å². The number of nitrogens with zero attached hydrogens (tertiary/aromatic N) is 3. The molecule has 1 heterocycles. The van der Waals surface area contributed by atoms with Gasteiger partial charge < -0.3 is 5.32 Å². The Morgan fingerprint density at radius 2 is 2.00 bits per heavy atom. The SMILES string of the molecule is Cc1ccc(NC(=O)CSc2nccn2-c2cccc(Cl)c2)cc1S(=O)(=O)N(C)C. The molecule has 3 aromatic rings. The maximum absolute atomic E-state index is 12.5. The first kappa shape index (κ1) is 22.4. The Labute approximate surface area is 185 Å². The molecule has 0 spiro atoms. The molecule has 1 N–H and O–H groups in total. The van der Waals surface area contributed by atoms with Gasteiger partial charge in [0.15, 0.2) is 5.16 Å². The number of hydrogen-bond acceptors (Lipinski definition) is 5. The smallest absolute Gasteiger partial charge is 0.242 e. The number of sulfonamides is 1. The summed E-state index contributed by atoms with van der Waals surface area (Å²) in [4.78, 5) is 16.9. The number of halogens is 1. The topological polar surface area (TPSA) is 84.3 Å². The third kappa shape index (κ3) is 5.04. The summed E-state index contributed by atoms with van der Waals surface area (Å²) in [5.41, 5.74) is 1.88. The molecule has 0 fully saturated rings. The number of carbonyl (C=O) groups is 1. The second-order valence-electron chi connectivity index (χ2n) is 6.66. The molecule has 0 atom stereocenters. The van der Waals surface area contributed by atoms with Crippen LogP contribution in [0.15, 0.2) is 64.9 Å². The third-order valence-electron chi connectivity index (χ3n) is 4.26. The van der Waals surface area contributed by atoms with Crippen molar-refractivity contribution in [2.45, 2.75) is 17.0 Å². The largest absolute Gasteiger partial charge is 0.325 e. The van der Waals surface area contributed by atoms with E-state index in [0.29, 0.717) is 21.4 Å². The number of thioether (sulfide) groups is 1. The molecule has 0 aliphatic rings. The van der Waals surface area contributed by atoms with Crippen molar-refractivity contribution in [3.8, 4) is 5.69 Å². The maximum atomic E-state index is 12.5. The number of benzene rings is 2. The molecule has 30 heavy (non-hydrogen) atoms. The first-order chi connectivity index (χ1) is 14.2. The molecule has 3 rings (SSSR count). The van der Waals surface area contributed by atoms with Gasteiger partial charge in [-0.15, -0.1) is 0 Å². The molecule has 10 heteroatoms. The van der Waals surface area contributed by atoms with Gasteiger partial charge in [-0.05, 0) is 42.8 Å². The lowest BCUT2D eigenvalue weighted by molar-refractivity contribution is -0.113. The predicted octanol–water partition coefficient (Wildman–Crippen LogP) is 3.82. The predicted molar refractivity (Wildman–Crippen MR) is 120 cm³/mol.